The Bertz CT molecular complexity index is 500. The zero-order chi connectivity index (χ0) is 14.2. The largest absolute Gasteiger partial charge is 0.294 e. The van der Waals surface area contributed by atoms with Crippen molar-refractivity contribution in [3.05, 3.63) is 30.3 Å². The average molecular weight is 331 g/mol. The summed E-state index contributed by atoms with van der Waals surface area (Å²) in [7, 11) is -4.00. The summed E-state index contributed by atoms with van der Waals surface area (Å²) in [6.07, 6.45) is 9.62. The van der Waals surface area contributed by atoms with Gasteiger partial charge in [0.1, 0.15) is 0 Å². The summed E-state index contributed by atoms with van der Waals surface area (Å²) in [5, 5.41) is 0. The molecule has 1 aromatic rings. The van der Waals surface area contributed by atoms with Crippen LogP contribution in [-0.4, -0.2) is 13.0 Å². The second kappa shape index (κ2) is 6.67. The van der Waals surface area contributed by atoms with E-state index in [0.717, 1.165) is 0 Å². The van der Waals surface area contributed by atoms with Crippen molar-refractivity contribution in [3.8, 4) is 0 Å². The van der Waals surface area contributed by atoms with Gasteiger partial charge in [0.15, 0.2) is 0 Å². The van der Waals surface area contributed by atoms with Gasteiger partial charge in [0, 0.05) is 0 Å². The molecule has 0 unspecified atom stereocenters. The van der Waals surface area contributed by atoms with Gasteiger partial charge in [-0.15, -0.1) is 12.4 Å². The first-order chi connectivity index (χ1) is 9.50. The van der Waals surface area contributed by atoms with E-state index < -0.39 is 10.1 Å². The zero-order valence-corrected chi connectivity index (χ0v) is 13.7. The first-order valence-electron chi connectivity index (χ1n) is 7.53. The van der Waals surface area contributed by atoms with Crippen LogP contribution in [0, 0.1) is 23.7 Å². The molecule has 5 heteroatoms. The summed E-state index contributed by atoms with van der Waals surface area (Å²) in [6.45, 7) is 0. The van der Waals surface area contributed by atoms with Crippen molar-refractivity contribution in [1.29, 1.82) is 0 Å². The molecule has 5 rings (SSSR count). The van der Waals surface area contributed by atoms with Gasteiger partial charge < -0.3 is 0 Å². The highest BCUT2D eigenvalue weighted by Gasteiger charge is 2.41. The molecule has 4 aliphatic rings. The van der Waals surface area contributed by atoms with Crippen LogP contribution in [0.3, 0.4) is 0 Å². The maximum Gasteiger partial charge on any atom is 0.294 e. The lowest BCUT2D eigenvalue weighted by atomic mass is 9.56. The van der Waals surface area contributed by atoms with E-state index in [1.54, 1.807) is 56.7 Å². The van der Waals surface area contributed by atoms with Crippen LogP contribution in [0.5, 0.6) is 0 Å². The van der Waals surface area contributed by atoms with E-state index in [1.165, 1.54) is 35.8 Å². The minimum Gasteiger partial charge on any atom is -0.282 e. The van der Waals surface area contributed by atoms with Crippen LogP contribution < -0.4 is 0 Å². The highest BCUT2D eigenvalue weighted by molar-refractivity contribution is 7.85. The Labute approximate surface area is 133 Å². The first-order valence-corrected chi connectivity index (χ1v) is 8.97. The topological polar surface area (TPSA) is 54.4 Å². The molecule has 0 saturated heterocycles. The van der Waals surface area contributed by atoms with Gasteiger partial charge in [0.25, 0.3) is 10.1 Å². The Morgan fingerprint density at radius 3 is 1.33 bits per heavy atom. The van der Waals surface area contributed by atoms with Crippen molar-refractivity contribution in [2.45, 2.75) is 43.4 Å². The van der Waals surface area contributed by atoms with E-state index >= 15 is 0 Å². The monoisotopic (exact) mass is 330 g/mol. The summed E-state index contributed by atoms with van der Waals surface area (Å²) in [5.74, 6) is 4.71. The second-order valence-electron chi connectivity index (χ2n) is 6.67. The molecule has 118 valence electrons. The molecule has 1 N–H and O–H groups in total. The van der Waals surface area contributed by atoms with Crippen LogP contribution in [0.15, 0.2) is 35.2 Å². The van der Waals surface area contributed by atoms with Crippen LogP contribution in [0.25, 0.3) is 0 Å². The van der Waals surface area contributed by atoms with Crippen LogP contribution in [-0.2, 0) is 10.1 Å². The summed E-state index contributed by atoms with van der Waals surface area (Å²) in [5.41, 5.74) is 0. The molecule has 4 fully saturated rings. The highest BCUT2D eigenvalue weighted by atomic mass is 35.5. The molecular weight excluding hydrogens is 308 g/mol. The summed E-state index contributed by atoms with van der Waals surface area (Å²) in [4.78, 5) is -0.0741. The van der Waals surface area contributed by atoms with Gasteiger partial charge in [0.05, 0.1) is 4.90 Å². The third-order valence-electron chi connectivity index (χ3n) is 5.04. The van der Waals surface area contributed by atoms with E-state index in [2.05, 4.69) is 0 Å². The van der Waals surface area contributed by atoms with Gasteiger partial charge in [-0.3, -0.25) is 4.55 Å². The van der Waals surface area contributed by atoms with E-state index in [0.29, 0.717) is 0 Å². The quantitative estimate of drug-likeness (QED) is 0.785. The third kappa shape index (κ3) is 4.21. The lowest BCUT2D eigenvalue weighted by Gasteiger charge is -2.49. The molecule has 0 aromatic heterocycles. The van der Waals surface area contributed by atoms with Crippen molar-refractivity contribution in [1.82, 2.24) is 0 Å². The molecule has 4 aliphatic carbocycles. The van der Waals surface area contributed by atoms with Crippen molar-refractivity contribution in [2.75, 3.05) is 0 Å². The minimum atomic E-state index is -4.00. The van der Waals surface area contributed by atoms with Gasteiger partial charge in [-0.1, -0.05) is 18.2 Å². The van der Waals surface area contributed by atoms with Gasteiger partial charge in [0.2, 0.25) is 0 Å². The fourth-order valence-corrected chi connectivity index (χ4v) is 5.08. The summed E-state index contributed by atoms with van der Waals surface area (Å²) >= 11 is 0. The molecule has 0 amide bonds. The predicted molar refractivity (Wildman–Crippen MR) is 85.2 cm³/mol. The van der Waals surface area contributed by atoms with Gasteiger partial charge >= 0.3 is 0 Å². The van der Waals surface area contributed by atoms with E-state index in [4.69, 9.17) is 4.55 Å². The van der Waals surface area contributed by atoms with E-state index in [9.17, 15) is 8.42 Å². The van der Waals surface area contributed by atoms with E-state index in [1.807, 2.05) is 0 Å². The number of hydrogen-bond acceptors (Lipinski definition) is 2. The van der Waals surface area contributed by atoms with Crippen LogP contribution >= 0.6 is 12.4 Å². The maximum atomic E-state index is 10.4. The third-order valence-corrected chi connectivity index (χ3v) is 5.91. The van der Waals surface area contributed by atoms with Gasteiger partial charge in [-0.2, -0.15) is 8.42 Å². The lowest BCUT2D eigenvalue weighted by Crippen LogP contribution is -2.38. The maximum absolute atomic E-state index is 10.4. The lowest BCUT2D eigenvalue weighted by molar-refractivity contribution is 0.0198. The van der Waals surface area contributed by atoms with Gasteiger partial charge in [-0.25, -0.2) is 0 Å². The molecule has 0 spiro atoms. The Kier molecular flexibility index (Phi) is 5.33. The molecule has 1 aromatic carbocycles. The molecule has 0 atom stereocenters. The number of halogens is 1. The number of hydrogen-bond donors (Lipinski definition) is 1. The summed E-state index contributed by atoms with van der Waals surface area (Å²) in [6, 6.07) is 7.42. The SMILES string of the molecule is C1C2CC3CC1CC(C2)C3.Cl.O=S(=O)(O)c1ccccc1. The Morgan fingerprint density at radius 2 is 1.10 bits per heavy atom. The molecule has 4 saturated carbocycles. The van der Waals surface area contributed by atoms with Crippen LogP contribution in [0.4, 0.5) is 0 Å². The molecule has 4 bridgehead atoms. The fourth-order valence-electron chi connectivity index (χ4n) is 4.58. The molecular formula is C16H23ClO3S. The second-order valence-corrected chi connectivity index (χ2v) is 8.09. The van der Waals surface area contributed by atoms with Crippen LogP contribution in [0.1, 0.15) is 38.5 Å². The molecule has 0 heterocycles. The smallest absolute Gasteiger partial charge is 0.282 e. The normalized spacial score (nSPS) is 32.8. The predicted octanol–water partition coefficient (Wildman–Crippen LogP) is 4.19. The van der Waals surface area contributed by atoms with Gasteiger partial charge in [-0.05, 0) is 74.3 Å². The highest BCUT2D eigenvalue weighted by Crippen LogP contribution is 2.53. The number of rotatable bonds is 1. The Balaban J connectivity index is 0.000000147. The molecule has 3 nitrogen and oxygen atoms in total. The van der Waals surface area contributed by atoms with Crippen LogP contribution in [0.2, 0.25) is 0 Å². The average Bonchev–Trinajstić information content (AvgIpc) is 2.38. The van der Waals surface area contributed by atoms with Crippen molar-refractivity contribution in [2.24, 2.45) is 23.7 Å². The van der Waals surface area contributed by atoms with Crippen molar-refractivity contribution >= 4 is 22.5 Å². The summed E-state index contributed by atoms with van der Waals surface area (Å²) < 4.78 is 29.2. The Morgan fingerprint density at radius 1 is 0.762 bits per heavy atom. The molecule has 21 heavy (non-hydrogen) atoms. The standard InChI is InChI=1S/C10H16.C6H6O3S.ClH/c1-7-2-9-4-8(1)5-10(3-7)6-9;7-10(8,9)6-4-2-1-3-5-6;/h7-10H,1-6H2;1-5H,(H,7,8,9);1H. The van der Waals surface area contributed by atoms with Crippen molar-refractivity contribution < 1.29 is 13.0 Å². The fraction of sp³-hybridized carbons (Fsp3) is 0.625. The molecule has 0 aliphatic heterocycles. The van der Waals surface area contributed by atoms with E-state index in [-0.39, 0.29) is 17.3 Å². The Hall–Kier alpha value is -0.580. The first kappa shape index (κ1) is 16.8. The van der Waals surface area contributed by atoms with Crippen molar-refractivity contribution in [3.63, 3.8) is 0 Å². The zero-order valence-electron chi connectivity index (χ0n) is 12.0. The minimum absolute atomic E-state index is 0. The number of benzene rings is 1. The molecule has 0 radical (unpaired) electrons.